The highest BCUT2D eigenvalue weighted by Gasteiger charge is 2.26. The van der Waals surface area contributed by atoms with Crippen LogP contribution in [0.3, 0.4) is 0 Å². The second-order valence-corrected chi connectivity index (χ2v) is 3.28. The lowest BCUT2D eigenvalue weighted by molar-refractivity contribution is 0.0507. The number of ether oxygens (including phenoxy) is 4. The van der Waals surface area contributed by atoms with Crippen molar-refractivity contribution in [1.29, 1.82) is 0 Å². The van der Waals surface area contributed by atoms with Crippen molar-refractivity contribution < 1.29 is 28.5 Å². The summed E-state index contributed by atoms with van der Waals surface area (Å²) in [6.45, 7) is -0.00510. The van der Waals surface area contributed by atoms with Crippen molar-refractivity contribution in [2.24, 2.45) is 0 Å². The van der Waals surface area contributed by atoms with Gasteiger partial charge in [0, 0.05) is 0 Å². The molecule has 1 fully saturated rings. The van der Waals surface area contributed by atoms with Gasteiger partial charge in [0.2, 0.25) is 0 Å². The Bertz CT molecular complexity index is 402. The van der Waals surface area contributed by atoms with Crippen LogP contribution in [0.2, 0.25) is 0 Å². The van der Waals surface area contributed by atoms with Crippen molar-refractivity contribution >= 4 is 12.3 Å². The maximum Gasteiger partial charge on any atom is 0.513 e. The second-order valence-electron chi connectivity index (χ2n) is 3.28. The summed E-state index contributed by atoms with van der Waals surface area (Å²) >= 11 is 0. The van der Waals surface area contributed by atoms with E-state index in [1.165, 1.54) is 0 Å². The minimum absolute atomic E-state index is 0.0808. The van der Waals surface area contributed by atoms with Gasteiger partial charge in [-0.25, -0.2) is 9.59 Å². The van der Waals surface area contributed by atoms with Gasteiger partial charge in [-0.15, -0.1) is 0 Å². The van der Waals surface area contributed by atoms with Gasteiger partial charge >= 0.3 is 12.3 Å². The summed E-state index contributed by atoms with van der Waals surface area (Å²) in [6, 6.07) is 8.51. The molecule has 1 aliphatic heterocycles. The van der Waals surface area contributed by atoms with E-state index in [4.69, 9.17) is 9.47 Å². The monoisotopic (exact) mass is 238 g/mol. The zero-order valence-electron chi connectivity index (χ0n) is 8.83. The van der Waals surface area contributed by atoms with Gasteiger partial charge in [-0.2, -0.15) is 0 Å². The molecule has 0 radical (unpaired) electrons. The van der Waals surface area contributed by atoms with Gasteiger partial charge in [0.25, 0.3) is 0 Å². The topological polar surface area (TPSA) is 71.1 Å². The Balaban J connectivity index is 1.73. The number of carbonyl (C=O) groups excluding carboxylic acids is 2. The van der Waals surface area contributed by atoms with Crippen molar-refractivity contribution in [3.8, 4) is 5.75 Å². The number of hydrogen-bond donors (Lipinski definition) is 0. The third kappa shape index (κ3) is 3.37. The molecular formula is C11H10O6. The Hall–Kier alpha value is -2.24. The van der Waals surface area contributed by atoms with Gasteiger partial charge in [-0.3, -0.25) is 0 Å². The van der Waals surface area contributed by atoms with Crippen molar-refractivity contribution in [2.45, 2.75) is 6.10 Å². The van der Waals surface area contributed by atoms with Crippen LogP contribution in [0.5, 0.6) is 5.75 Å². The van der Waals surface area contributed by atoms with Crippen molar-refractivity contribution in [3.05, 3.63) is 30.3 Å². The number of hydrogen-bond acceptors (Lipinski definition) is 6. The van der Waals surface area contributed by atoms with Crippen LogP contribution in [-0.2, 0) is 14.2 Å². The fourth-order valence-electron chi connectivity index (χ4n) is 1.22. The highest BCUT2D eigenvalue weighted by molar-refractivity contribution is 5.64. The summed E-state index contributed by atoms with van der Waals surface area (Å²) in [7, 11) is 0. The van der Waals surface area contributed by atoms with Crippen LogP contribution in [0.25, 0.3) is 0 Å². The van der Waals surface area contributed by atoms with Crippen LogP contribution < -0.4 is 4.74 Å². The van der Waals surface area contributed by atoms with E-state index in [1.807, 2.05) is 0 Å². The first-order chi connectivity index (χ1) is 8.24. The maximum atomic E-state index is 11.2. The minimum atomic E-state index is -0.848. The van der Waals surface area contributed by atoms with Gasteiger partial charge in [0.05, 0.1) is 0 Å². The first-order valence-electron chi connectivity index (χ1n) is 4.97. The Kier molecular flexibility index (Phi) is 3.44. The van der Waals surface area contributed by atoms with Crippen LogP contribution in [0.1, 0.15) is 0 Å². The number of benzene rings is 1. The summed E-state index contributed by atoms with van der Waals surface area (Å²) in [6.07, 6.45) is -2.17. The van der Waals surface area contributed by atoms with E-state index in [9.17, 15) is 9.59 Å². The van der Waals surface area contributed by atoms with Crippen LogP contribution in [0, 0.1) is 0 Å². The fraction of sp³-hybridized carbons (Fsp3) is 0.273. The molecule has 0 bridgehead atoms. The average Bonchev–Trinajstić information content (AvgIpc) is 2.74. The highest BCUT2D eigenvalue weighted by atomic mass is 16.8. The van der Waals surface area contributed by atoms with Crippen LogP contribution in [0.15, 0.2) is 30.3 Å². The molecule has 0 N–H and O–H groups in total. The highest BCUT2D eigenvalue weighted by Crippen LogP contribution is 2.10. The molecule has 1 aliphatic rings. The first-order valence-corrected chi connectivity index (χ1v) is 4.97. The normalized spacial score (nSPS) is 18.1. The zero-order valence-corrected chi connectivity index (χ0v) is 8.83. The fourth-order valence-corrected chi connectivity index (χ4v) is 1.22. The number of cyclic esters (lactones) is 2. The minimum Gasteiger partial charge on any atom is -0.430 e. The molecule has 0 aromatic heterocycles. The van der Waals surface area contributed by atoms with E-state index in [-0.39, 0.29) is 13.2 Å². The van der Waals surface area contributed by atoms with Crippen molar-refractivity contribution in [3.63, 3.8) is 0 Å². The molecule has 6 nitrogen and oxygen atoms in total. The van der Waals surface area contributed by atoms with E-state index in [2.05, 4.69) is 9.47 Å². The maximum absolute atomic E-state index is 11.2. The molecular weight excluding hydrogens is 228 g/mol. The smallest absolute Gasteiger partial charge is 0.430 e. The second kappa shape index (κ2) is 5.20. The molecule has 2 rings (SSSR count). The standard InChI is InChI=1S/C11H10O6/c12-10(16-8-4-2-1-3-5-8)14-6-9-7-15-11(13)17-9/h1-5,9H,6-7H2. The predicted molar refractivity (Wildman–Crippen MR) is 54.6 cm³/mol. The number of para-hydroxylation sites is 1. The van der Waals surface area contributed by atoms with Crippen LogP contribution >= 0.6 is 0 Å². The lowest BCUT2D eigenvalue weighted by atomic mass is 10.3. The van der Waals surface area contributed by atoms with Crippen molar-refractivity contribution in [2.75, 3.05) is 13.2 Å². The van der Waals surface area contributed by atoms with E-state index in [0.29, 0.717) is 5.75 Å². The molecule has 90 valence electrons. The third-order valence-electron chi connectivity index (χ3n) is 1.98. The SMILES string of the molecule is O=C(OCC1COC(=O)O1)Oc1ccccc1. The molecule has 1 unspecified atom stereocenters. The molecule has 0 aliphatic carbocycles. The first kappa shape index (κ1) is 11.3. The van der Waals surface area contributed by atoms with Gasteiger partial charge < -0.3 is 18.9 Å². The molecule has 0 amide bonds. The number of carbonyl (C=O) groups is 2. The molecule has 1 saturated heterocycles. The molecule has 1 atom stereocenters. The molecule has 17 heavy (non-hydrogen) atoms. The quantitative estimate of drug-likeness (QED) is 0.590. The zero-order chi connectivity index (χ0) is 12.1. The summed E-state index contributed by atoms with van der Waals surface area (Å²) in [5.74, 6) is 0.386. The number of rotatable bonds is 3. The van der Waals surface area contributed by atoms with Gasteiger partial charge in [-0.1, -0.05) is 18.2 Å². The molecule has 0 spiro atoms. The van der Waals surface area contributed by atoms with Crippen molar-refractivity contribution in [1.82, 2.24) is 0 Å². The van der Waals surface area contributed by atoms with Gasteiger partial charge in [-0.05, 0) is 12.1 Å². The van der Waals surface area contributed by atoms with E-state index in [1.54, 1.807) is 30.3 Å². The third-order valence-corrected chi connectivity index (χ3v) is 1.98. The van der Waals surface area contributed by atoms with E-state index >= 15 is 0 Å². The summed E-state index contributed by atoms with van der Waals surface area (Å²) in [5, 5.41) is 0. The largest absolute Gasteiger partial charge is 0.513 e. The van der Waals surface area contributed by atoms with E-state index in [0.717, 1.165) is 0 Å². The molecule has 1 heterocycles. The Morgan fingerprint density at radius 2 is 2.12 bits per heavy atom. The lowest BCUT2D eigenvalue weighted by Crippen LogP contribution is -2.22. The van der Waals surface area contributed by atoms with Gasteiger partial charge in [0.1, 0.15) is 19.0 Å². The van der Waals surface area contributed by atoms with Crippen LogP contribution in [0.4, 0.5) is 9.59 Å². The van der Waals surface area contributed by atoms with Crippen LogP contribution in [-0.4, -0.2) is 31.6 Å². The summed E-state index contributed by atoms with van der Waals surface area (Å²) in [4.78, 5) is 21.8. The molecule has 0 saturated carbocycles. The Morgan fingerprint density at radius 3 is 2.76 bits per heavy atom. The average molecular weight is 238 g/mol. The predicted octanol–water partition coefficient (Wildman–Crippen LogP) is 1.74. The molecule has 1 aromatic carbocycles. The molecule has 1 aromatic rings. The van der Waals surface area contributed by atoms with E-state index < -0.39 is 18.4 Å². The Morgan fingerprint density at radius 1 is 1.35 bits per heavy atom. The summed E-state index contributed by atoms with van der Waals surface area (Å²) < 4.78 is 18.8. The van der Waals surface area contributed by atoms with Gasteiger partial charge in [0.15, 0.2) is 6.10 Å². The summed E-state index contributed by atoms with van der Waals surface area (Å²) in [5.41, 5.74) is 0. The lowest BCUT2D eigenvalue weighted by Gasteiger charge is -2.07. The molecule has 6 heteroatoms. The Labute approximate surface area is 97.0 Å².